The smallest absolute Gasteiger partial charge is 0.222 e. The SMILES string of the molecule is CCC(=O)N(CCCCCCN(C)C1CC(C)(C)NC(C)(C)C1)C1CC(C)(C)NC(C)(C)C1. The van der Waals surface area contributed by atoms with Gasteiger partial charge in [-0.05, 0) is 108 Å². The second-order valence-corrected chi connectivity index (χ2v) is 13.7. The van der Waals surface area contributed by atoms with Gasteiger partial charge in [-0.3, -0.25) is 4.79 Å². The molecule has 2 saturated heterocycles. The van der Waals surface area contributed by atoms with E-state index in [4.69, 9.17) is 0 Å². The Balaban J connectivity index is 1.78. The van der Waals surface area contributed by atoms with Gasteiger partial charge in [0.2, 0.25) is 5.91 Å². The number of nitrogens with zero attached hydrogens (tertiary/aromatic N) is 2. The second-order valence-electron chi connectivity index (χ2n) is 13.7. The van der Waals surface area contributed by atoms with Crippen molar-refractivity contribution in [2.45, 2.75) is 154 Å². The van der Waals surface area contributed by atoms with Gasteiger partial charge in [-0.2, -0.15) is 0 Å². The predicted molar refractivity (Wildman–Crippen MR) is 142 cm³/mol. The standard InChI is InChI=1S/C28H56N4O/c1-11-24(33)32(23-20-27(6,7)30-28(8,9)21-23)17-15-13-12-14-16-31(10)22-18-25(2,3)29-26(4,5)19-22/h22-23,29-30H,11-21H2,1-10H3. The number of nitrogens with one attached hydrogen (secondary N) is 2. The number of piperidine rings is 2. The lowest BCUT2D eigenvalue weighted by atomic mass is 9.79. The molecule has 2 aliphatic heterocycles. The highest BCUT2D eigenvalue weighted by Crippen LogP contribution is 2.33. The Morgan fingerprint density at radius 2 is 1.09 bits per heavy atom. The second kappa shape index (κ2) is 11.0. The average molecular weight is 465 g/mol. The summed E-state index contributed by atoms with van der Waals surface area (Å²) in [5, 5.41) is 7.56. The summed E-state index contributed by atoms with van der Waals surface area (Å²) in [6.07, 6.45) is 9.93. The van der Waals surface area contributed by atoms with Crippen LogP contribution in [0.15, 0.2) is 0 Å². The fourth-order valence-electron chi connectivity index (χ4n) is 6.96. The van der Waals surface area contributed by atoms with E-state index in [1.54, 1.807) is 0 Å². The fraction of sp³-hybridized carbons (Fsp3) is 0.964. The molecule has 5 nitrogen and oxygen atoms in total. The molecule has 2 fully saturated rings. The molecule has 0 bridgehead atoms. The van der Waals surface area contributed by atoms with E-state index in [0.29, 0.717) is 24.4 Å². The summed E-state index contributed by atoms with van der Waals surface area (Å²) in [6.45, 7) is 22.5. The monoisotopic (exact) mass is 464 g/mol. The number of rotatable bonds is 10. The zero-order chi connectivity index (χ0) is 25.1. The first kappa shape index (κ1) is 28.6. The Labute approximate surface area is 205 Å². The third-order valence-electron chi connectivity index (χ3n) is 7.68. The van der Waals surface area contributed by atoms with Gasteiger partial charge in [0.15, 0.2) is 0 Å². The van der Waals surface area contributed by atoms with E-state index in [1.807, 2.05) is 6.92 Å². The van der Waals surface area contributed by atoms with Gasteiger partial charge in [0.1, 0.15) is 0 Å². The Hall–Kier alpha value is -0.650. The minimum Gasteiger partial charge on any atom is -0.340 e. The van der Waals surface area contributed by atoms with Gasteiger partial charge in [0.05, 0.1) is 0 Å². The molecule has 5 heteroatoms. The van der Waals surface area contributed by atoms with Gasteiger partial charge < -0.3 is 20.4 Å². The first-order valence-electron chi connectivity index (χ1n) is 13.6. The van der Waals surface area contributed by atoms with Crippen molar-refractivity contribution in [2.75, 3.05) is 20.1 Å². The van der Waals surface area contributed by atoms with E-state index < -0.39 is 0 Å². The van der Waals surface area contributed by atoms with E-state index in [0.717, 1.165) is 25.8 Å². The van der Waals surface area contributed by atoms with Crippen LogP contribution in [-0.2, 0) is 4.79 Å². The molecule has 0 atom stereocenters. The van der Waals surface area contributed by atoms with Crippen molar-refractivity contribution in [3.8, 4) is 0 Å². The zero-order valence-corrected chi connectivity index (χ0v) is 23.7. The van der Waals surface area contributed by atoms with Crippen molar-refractivity contribution >= 4 is 5.91 Å². The van der Waals surface area contributed by atoms with Crippen LogP contribution >= 0.6 is 0 Å². The van der Waals surface area contributed by atoms with Crippen LogP contribution in [0, 0.1) is 0 Å². The highest BCUT2D eigenvalue weighted by Gasteiger charge is 2.41. The molecule has 0 aromatic heterocycles. The molecule has 2 heterocycles. The molecule has 1 amide bonds. The summed E-state index contributed by atoms with van der Waals surface area (Å²) in [4.78, 5) is 17.6. The molecule has 0 saturated carbocycles. The number of hydrogen-bond acceptors (Lipinski definition) is 4. The van der Waals surface area contributed by atoms with E-state index in [2.05, 4.69) is 82.9 Å². The maximum Gasteiger partial charge on any atom is 0.222 e. The summed E-state index contributed by atoms with van der Waals surface area (Å²) in [5.74, 6) is 0.323. The normalized spacial score (nSPS) is 24.7. The molecular weight excluding hydrogens is 408 g/mol. The van der Waals surface area contributed by atoms with Crippen LogP contribution in [0.25, 0.3) is 0 Å². The van der Waals surface area contributed by atoms with Crippen LogP contribution in [0.4, 0.5) is 0 Å². The van der Waals surface area contributed by atoms with E-state index in [9.17, 15) is 4.79 Å². The molecular formula is C28H56N4O. The van der Waals surface area contributed by atoms with Gasteiger partial charge in [0, 0.05) is 47.2 Å². The molecule has 0 aromatic rings. The molecule has 2 aliphatic rings. The number of hydrogen-bond donors (Lipinski definition) is 2. The minimum atomic E-state index is 0.0705. The van der Waals surface area contributed by atoms with Crippen LogP contribution < -0.4 is 10.6 Å². The lowest BCUT2D eigenvalue weighted by molar-refractivity contribution is -0.135. The van der Waals surface area contributed by atoms with Crippen LogP contribution in [0.5, 0.6) is 0 Å². The summed E-state index contributed by atoms with van der Waals surface area (Å²) in [7, 11) is 2.31. The van der Waals surface area contributed by atoms with Gasteiger partial charge in [-0.15, -0.1) is 0 Å². The summed E-state index contributed by atoms with van der Waals surface area (Å²) >= 11 is 0. The lowest BCUT2D eigenvalue weighted by Gasteiger charge is -2.49. The third kappa shape index (κ3) is 9.14. The molecule has 0 aliphatic carbocycles. The maximum atomic E-state index is 12.8. The van der Waals surface area contributed by atoms with Gasteiger partial charge in [0.25, 0.3) is 0 Å². The number of carbonyl (C=O) groups is 1. The first-order chi connectivity index (χ1) is 15.0. The van der Waals surface area contributed by atoms with Crippen molar-refractivity contribution in [3.05, 3.63) is 0 Å². The maximum absolute atomic E-state index is 12.8. The van der Waals surface area contributed by atoms with Crippen LogP contribution in [0.2, 0.25) is 0 Å². The van der Waals surface area contributed by atoms with Crippen LogP contribution in [0.1, 0.15) is 120 Å². The molecule has 0 spiro atoms. The number of carbonyl (C=O) groups excluding carboxylic acids is 1. The topological polar surface area (TPSA) is 47.6 Å². The summed E-state index contributed by atoms with van der Waals surface area (Å²) in [5.41, 5.74) is 0.545. The summed E-state index contributed by atoms with van der Waals surface area (Å²) < 4.78 is 0. The largest absolute Gasteiger partial charge is 0.340 e. The van der Waals surface area contributed by atoms with Crippen molar-refractivity contribution < 1.29 is 4.79 Å². The van der Waals surface area contributed by atoms with Gasteiger partial charge in [-0.25, -0.2) is 0 Å². The van der Waals surface area contributed by atoms with Crippen molar-refractivity contribution in [1.82, 2.24) is 20.4 Å². The van der Waals surface area contributed by atoms with E-state index in [1.165, 1.54) is 38.6 Å². The van der Waals surface area contributed by atoms with Crippen molar-refractivity contribution in [2.24, 2.45) is 0 Å². The first-order valence-corrected chi connectivity index (χ1v) is 13.6. The average Bonchev–Trinajstić information content (AvgIpc) is 2.61. The van der Waals surface area contributed by atoms with Crippen molar-refractivity contribution in [1.29, 1.82) is 0 Å². The Morgan fingerprint density at radius 1 is 0.697 bits per heavy atom. The molecule has 194 valence electrons. The Kier molecular flexibility index (Phi) is 9.49. The molecule has 0 radical (unpaired) electrons. The third-order valence-corrected chi connectivity index (χ3v) is 7.68. The molecule has 0 unspecified atom stereocenters. The zero-order valence-electron chi connectivity index (χ0n) is 23.7. The Bertz CT molecular complexity index is 608. The summed E-state index contributed by atoms with van der Waals surface area (Å²) in [6, 6.07) is 1.00. The molecule has 2 rings (SSSR count). The highest BCUT2D eigenvalue weighted by molar-refractivity contribution is 5.76. The fourth-order valence-corrected chi connectivity index (χ4v) is 6.96. The van der Waals surface area contributed by atoms with Gasteiger partial charge in [-0.1, -0.05) is 19.8 Å². The van der Waals surface area contributed by atoms with Crippen molar-refractivity contribution in [3.63, 3.8) is 0 Å². The highest BCUT2D eigenvalue weighted by atomic mass is 16.2. The lowest BCUT2D eigenvalue weighted by Crippen LogP contribution is -2.62. The number of unbranched alkanes of at least 4 members (excludes halogenated alkanes) is 3. The van der Waals surface area contributed by atoms with E-state index >= 15 is 0 Å². The quantitative estimate of drug-likeness (QED) is 0.429. The minimum absolute atomic E-state index is 0.0705. The van der Waals surface area contributed by atoms with E-state index in [-0.39, 0.29) is 22.2 Å². The predicted octanol–water partition coefficient (Wildman–Crippen LogP) is 5.34. The van der Waals surface area contributed by atoms with Crippen LogP contribution in [-0.4, -0.2) is 70.1 Å². The van der Waals surface area contributed by atoms with Crippen LogP contribution in [0.3, 0.4) is 0 Å². The molecule has 2 N–H and O–H groups in total. The Morgan fingerprint density at radius 3 is 1.52 bits per heavy atom. The molecule has 33 heavy (non-hydrogen) atoms. The van der Waals surface area contributed by atoms with Gasteiger partial charge >= 0.3 is 0 Å². The molecule has 0 aromatic carbocycles. The number of amides is 1.